The standard InChI is InChI=1S/C20H20N2O4S2/c1-14(2)26-16-10-8-15(9-11-16)21-20(23)19-18(12-13-27-19)22-28(24,25)17-6-4-3-5-7-17/h3-14,22H,1-2H3,(H,21,23). The van der Waals surface area contributed by atoms with Crippen LogP contribution in [0.15, 0.2) is 70.9 Å². The summed E-state index contributed by atoms with van der Waals surface area (Å²) in [5.41, 5.74) is 0.831. The molecule has 0 bridgehead atoms. The van der Waals surface area contributed by atoms with Crippen molar-refractivity contribution in [2.45, 2.75) is 24.8 Å². The molecule has 0 saturated carbocycles. The lowest BCUT2D eigenvalue weighted by atomic mass is 10.3. The first-order chi connectivity index (χ1) is 13.3. The van der Waals surface area contributed by atoms with E-state index < -0.39 is 15.9 Å². The van der Waals surface area contributed by atoms with Crippen molar-refractivity contribution in [1.82, 2.24) is 0 Å². The number of sulfonamides is 1. The average molecular weight is 417 g/mol. The second kappa shape index (κ2) is 8.45. The molecule has 0 unspecified atom stereocenters. The Morgan fingerprint density at radius 3 is 2.32 bits per heavy atom. The van der Waals surface area contributed by atoms with Crippen LogP contribution < -0.4 is 14.8 Å². The van der Waals surface area contributed by atoms with Gasteiger partial charge < -0.3 is 10.1 Å². The van der Waals surface area contributed by atoms with Gasteiger partial charge in [0, 0.05) is 5.69 Å². The third-order valence-electron chi connectivity index (χ3n) is 3.65. The fraction of sp³-hybridized carbons (Fsp3) is 0.150. The number of hydrogen-bond donors (Lipinski definition) is 2. The minimum Gasteiger partial charge on any atom is -0.491 e. The first-order valence-electron chi connectivity index (χ1n) is 8.58. The maximum Gasteiger partial charge on any atom is 0.267 e. The molecule has 0 aliphatic rings. The zero-order valence-electron chi connectivity index (χ0n) is 15.4. The lowest BCUT2D eigenvalue weighted by molar-refractivity contribution is 0.103. The van der Waals surface area contributed by atoms with Gasteiger partial charge in [0.15, 0.2) is 0 Å². The fourth-order valence-electron chi connectivity index (χ4n) is 2.45. The predicted molar refractivity (Wildman–Crippen MR) is 112 cm³/mol. The molecule has 2 aromatic carbocycles. The summed E-state index contributed by atoms with van der Waals surface area (Å²) >= 11 is 1.16. The van der Waals surface area contributed by atoms with Crippen molar-refractivity contribution in [2.24, 2.45) is 0 Å². The fourth-order valence-corrected chi connectivity index (χ4v) is 4.35. The van der Waals surface area contributed by atoms with Crippen LogP contribution in [-0.2, 0) is 10.0 Å². The molecule has 0 aliphatic carbocycles. The summed E-state index contributed by atoms with van der Waals surface area (Å²) in [4.78, 5) is 13.0. The van der Waals surface area contributed by atoms with Gasteiger partial charge in [0.05, 0.1) is 16.7 Å². The number of carbonyl (C=O) groups excluding carboxylic acids is 1. The Labute approximate surface area is 168 Å². The van der Waals surface area contributed by atoms with Gasteiger partial charge in [-0.15, -0.1) is 11.3 Å². The summed E-state index contributed by atoms with van der Waals surface area (Å²) in [5, 5.41) is 4.44. The Bertz CT molecular complexity index is 1040. The Kier molecular flexibility index (Phi) is 6.01. The van der Waals surface area contributed by atoms with Crippen molar-refractivity contribution < 1.29 is 17.9 Å². The number of anilines is 2. The zero-order chi connectivity index (χ0) is 20.1. The second-order valence-electron chi connectivity index (χ2n) is 6.23. The number of amides is 1. The quantitative estimate of drug-likeness (QED) is 0.590. The molecular weight excluding hydrogens is 396 g/mol. The Balaban J connectivity index is 1.73. The van der Waals surface area contributed by atoms with Crippen molar-refractivity contribution in [3.8, 4) is 5.75 Å². The minimum atomic E-state index is -3.77. The third-order valence-corrected chi connectivity index (χ3v) is 5.95. The van der Waals surface area contributed by atoms with Crippen LogP contribution in [0.2, 0.25) is 0 Å². The maximum atomic E-state index is 12.6. The summed E-state index contributed by atoms with van der Waals surface area (Å²) in [6.07, 6.45) is 0.0618. The first kappa shape index (κ1) is 19.9. The minimum absolute atomic E-state index is 0.0618. The van der Waals surface area contributed by atoms with E-state index in [2.05, 4.69) is 10.0 Å². The van der Waals surface area contributed by atoms with Crippen LogP contribution in [0.25, 0.3) is 0 Å². The molecule has 6 nitrogen and oxygen atoms in total. The highest BCUT2D eigenvalue weighted by molar-refractivity contribution is 7.92. The highest BCUT2D eigenvalue weighted by Gasteiger charge is 2.20. The third kappa shape index (κ3) is 4.90. The van der Waals surface area contributed by atoms with E-state index in [0.717, 1.165) is 11.3 Å². The first-order valence-corrected chi connectivity index (χ1v) is 10.9. The van der Waals surface area contributed by atoms with Gasteiger partial charge in [0.25, 0.3) is 15.9 Å². The molecule has 0 radical (unpaired) electrons. The van der Waals surface area contributed by atoms with Crippen LogP contribution in [0.1, 0.15) is 23.5 Å². The van der Waals surface area contributed by atoms with E-state index in [1.807, 2.05) is 13.8 Å². The second-order valence-corrected chi connectivity index (χ2v) is 8.83. The van der Waals surface area contributed by atoms with E-state index in [0.29, 0.717) is 11.4 Å². The number of nitrogens with one attached hydrogen (secondary N) is 2. The van der Waals surface area contributed by atoms with E-state index in [-0.39, 0.29) is 21.6 Å². The molecule has 1 heterocycles. The summed E-state index contributed by atoms with van der Waals surface area (Å²) in [5.74, 6) is 0.318. The lowest BCUT2D eigenvalue weighted by Gasteiger charge is -2.11. The summed E-state index contributed by atoms with van der Waals surface area (Å²) in [6, 6.07) is 16.6. The number of hydrogen-bond acceptors (Lipinski definition) is 5. The average Bonchev–Trinajstić information content (AvgIpc) is 3.11. The summed E-state index contributed by atoms with van der Waals surface area (Å²) in [6.45, 7) is 3.87. The molecule has 8 heteroatoms. The van der Waals surface area contributed by atoms with Crippen LogP contribution in [0.5, 0.6) is 5.75 Å². The van der Waals surface area contributed by atoms with Crippen molar-refractivity contribution in [2.75, 3.05) is 10.0 Å². The molecule has 0 aliphatic heterocycles. The number of rotatable bonds is 7. The Hall–Kier alpha value is -2.84. The van der Waals surface area contributed by atoms with E-state index >= 15 is 0 Å². The Morgan fingerprint density at radius 1 is 1.00 bits per heavy atom. The summed E-state index contributed by atoms with van der Waals surface area (Å²) in [7, 11) is -3.77. The van der Waals surface area contributed by atoms with Crippen molar-refractivity contribution >= 4 is 38.6 Å². The SMILES string of the molecule is CC(C)Oc1ccc(NC(=O)c2sccc2NS(=O)(=O)c2ccccc2)cc1. The number of ether oxygens (including phenoxy) is 1. The summed E-state index contributed by atoms with van der Waals surface area (Å²) < 4.78 is 33.1. The molecule has 1 amide bonds. The van der Waals surface area contributed by atoms with Gasteiger partial charge in [0.2, 0.25) is 0 Å². The van der Waals surface area contributed by atoms with Crippen molar-refractivity contribution in [3.63, 3.8) is 0 Å². The number of carbonyl (C=O) groups is 1. The van der Waals surface area contributed by atoms with Crippen molar-refractivity contribution in [1.29, 1.82) is 0 Å². The molecule has 0 fully saturated rings. The molecule has 0 saturated heterocycles. The number of benzene rings is 2. The van der Waals surface area contributed by atoms with Crippen LogP contribution in [0, 0.1) is 0 Å². The van der Waals surface area contributed by atoms with E-state index in [9.17, 15) is 13.2 Å². The molecule has 2 N–H and O–H groups in total. The van der Waals surface area contributed by atoms with E-state index in [1.54, 1.807) is 53.9 Å². The van der Waals surface area contributed by atoms with Gasteiger partial charge in [-0.2, -0.15) is 0 Å². The Morgan fingerprint density at radius 2 is 1.68 bits per heavy atom. The highest BCUT2D eigenvalue weighted by atomic mass is 32.2. The molecular formula is C20H20N2O4S2. The number of thiophene rings is 1. The molecule has 0 atom stereocenters. The maximum absolute atomic E-state index is 12.6. The van der Waals surface area contributed by atoms with E-state index in [4.69, 9.17) is 4.74 Å². The van der Waals surface area contributed by atoms with Gasteiger partial charge in [-0.3, -0.25) is 9.52 Å². The zero-order valence-corrected chi connectivity index (χ0v) is 17.0. The normalized spacial score (nSPS) is 11.2. The lowest BCUT2D eigenvalue weighted by Crippen LogP contribution is -2.17. The predicted octanol–water partition coefficient (Wildman–Crippen LogP) is 4.59. The molecule has 146 valence electrons. The van der Waals surface area contributed by atoms with Crippen LogP contribution >= 0.6 is 11.3 Å². The molecule has 3 rings (SSSR count). The van der Waals surface area contributed by atoms with E-state index in [1.165, 1.54) is 12.1 Å². The van der Waals surface area contributed by atoms with Crippen LogP contribution in [0.3, 0.4) is 0 Å². The van der Waals surface area contributed by atoms with Gasteiger partial charge in [0.1, 0.15) is 10.6 Å². The molecule has 28 heavy (non-hydrogen) atoms. The largest absolute Gasteiger partial charge is 0.491 e. The van der Waals surface area contributed by atoms with Gasteiger partial charge >= 0.3 is 0 Å². The van der Waals surface area contributed by atoms with Gasteiger partial charge in [-0.1, -0.05) is 18.2 Å². The van der Waals surface area contributed by atoms with Crippen LogP contribution in [-0.4, -0.2) is 20.4 Å². The van der Waals surface area contributed by atoms with Crippen LogP contribution in [0.4, 0.5) is 11.4 Å². The van der Waals surface area contributed by atoms with Gasteiger partial charge in [-0.05, 0) is 61.7 Å². The smallest absolute Gasteiger partial charge is 0.267 e. The molecule has 0 spiro atoms. The topological polar surface area (TPSA) is 84.5 Å². The van der Waals surface area contributed by atoms with Gasteiger partial charge in [-0.25, -0.2) is 8.42 Å². The molecule has 1 aromatic heterocycles. The highest BCUT2D eigenvalue weighted by Crippen LogP contribution is 2.27. The van der Waals surface area contributed by atoms with Crippen molar-refractivity contribution in [3.05, 3.63) is 70.9 Å². The monoisotopic (exact) mass is 416 g/mol. The molecule has 3 aromatic rings.